The van der Waals surface area contributed by atoms with Gasteiger partial charge in [0.1, 0.15) is 0 Å². The summed E-state index contributed by atoms with van der Waals surface area (Å²) in [6.45, 7) is 5.46. The Morgan fingerprint density at radius 1 is 1.43 bits per heavy atom. The number of thiophene rings is 1. The molecule has 0 saturated carbocycles. The second-order valence-electron chi connectivity index (χ2n) is 6.18. The van der Waals surface area contributed by atoms with Crippen molar-refractivity contribution in [1.29, 1.82) is 0 Å². The van der Waals surface area contributed by atoms with Gasteiger partial charge in [0.2, 0.25) is 0 Å². The van der Waals surface area contributed by atoms with Crippen LogP contribution in [0.2, 0.25) is 0 Å². The summed E-state index contributed by atoms with van der Waals surface area (Å²) in [5.74, 6) is 0. The van der Waals surface area contributed by atoms with E-state index < -0.39 is 0 Å². The topological polar surface area (TPSA) is 53.4 Å². The Morgan fingerprint density at radius 2 is 2.26 bits per heavy atom. The van der Waals surface area contributed by atoms with E-state index in [1.165, 1.54) is 15.4 Å². The number of hydrogen-bond donors (Lipinski definition) is 1. The zero-order chi connectivity index (χ0) is 16.4. The third-order valence-electron chi connectivity index (χ3n) is 4.02. The number of urea groups is 1. The van der Waals surface area contributed by atoms with Crippen molar-refractivity contribution < 1.29 is 4.79 Å². The standard InChI is InChI=1S/C16H23N5OS/c1-12-4-5-15(23-12)11-20-9-13-6-7-18-21(13)14(10-20)8-17-16(22)19(2)3/h4-7,14H,8-11H2,1-3H3,(H,17,22)/t14-/m1/s1. The van der Waals surface area contributed by atoms with Crippen molar-refractivity contribution >= 4 is 17.4 Å². The van der Waals surface area contributed by atoms with Crippen molar-refractivity contribution in [3.63, 3.8) is 0 Å². The summed E-state index contributed by atoms with van der Waals surface area (Å²) in [6, 6.07) is 6.54. The van der Waals surface area contributed by atoms with Crippen molar-refractivity contribution in [2.24, 2.45) is 0 Å². The van der Waals surface area contributed by atoms with Crippen molar-refractivity contribution in [3.05, 3.63) is 39.8 Å². The summed E-state index contributed by atoms with van der Waals surface area (Å²) >= 11 is 1.85. The fraction of sp³-hybridized carbons (Fsp3) is 0.500. The average Bonchev–Trinajstić information content (AvgIpc) is 3.13. The Balaban J connectivity index is 1.68. The van der Waals surface area contributed by atoms with Crippen LogP contribution in [0.5, 0.6) is 0 Å². The molecular weight excluding hydrogens is 310 g/mol. The Hall–Kier alpha value is -1.86. The number of nitrogens with zero attached hydrogens (tertiary/aromatic N) is 4. The first-order valence-corrected chi connectivity index (χ1v) is 8.60. The Bertz CT molecular complexity index is 678. The number of nitrogens with one attached hydrogen (secondary N) is 1. The normalized spacial score (nSPS) is 17.8. The quantitative estimate of drug-likeness (QED) is 0.932. The second-order valence-corrected chi connectivity index (χ2v) is 7.56. The molecule has 1 aliphatic heterocycles. The molecule has 0 aliphatic carbocycles. The molecular formula is C16H23N5OS. The summed E-state index contributed by atoms with van der Waals surface area (Å²) in [5, 5.41) is 7.41. The molecule has 0 radical (unpaired) electrons. The van der Waals surface area contributed by atoms with E-state index in [2.05, 4.69) is 40.4 Å². The highest BCUT2D eigenvalue weighted by molar-refractivity contribution is 7.11. The number of carbonyl (C=O) groups excluding carboxylic acids is 1. The molecule has 0 unspecified atom stereocenters. The Kier molecular flexibility index (Phi) is 4.68. The van der Waals surface area contributed by atoms with Gasteiger partial charge in [-0.1, -0.05) is 0 Å². The van der Waals surface area contributed by atoms with Gasteiger partial charge in [0.25, 0.3) is 0 Å². The number of aryl methyl sites for hydroxylation is 1. The molecule has 1 aliphatic rings. The summed E-state index contributed by atoms with van der Waals surface area (Å²) in [4.78, 5) is 18.5. The highest BCUT2D eigenvalue weighted by atomic mass is 32.1. The largest absolute Gasteiger partial charge is 0.336 e. The van der Waals surface area contributed by atoms with Crippen LogP contribution >= 0.6 is 11.3 Å². The molecule has 124 valence electrons. The highest BCUT2D eigenvalue weighted by Crippen LogP contribution is 2.24. The summed E-state index contributed by atoms with van der Waals surface area (Å²) in [6.07, 6.45) is 1.84. The van der Waals surface area contributed by atoms with Gasteiger partial charge < -0.3 is 10.2 Å². The molecule has 3 heterocycles. The molecule has 0 spiro atoms. The fourth-order valence-corrected chi connectivity index (χ4v) is 3.82. The summed E-state index contributed by atoms with van der Waals surface area (Å²) < 4.78 is 2.05. The molecule has 2 aromatic heterocycles. The molecule has 0 aromatic carbocycles. The van der Waals surface area contributed by atoms with Crippen LogP contribution in [0.1, 0.15) is 21.5 Å². The van der Waals surface area contributed by atoms with Crippen molar-refractivity contribution in [1.82, 2.24) is 24.9 Å². The lowest BCUT2D eigenvalue weighted by Gasteiger charge is -2.34. The van der Waals surface area contributed by atoms with Gasteiger partial charge in [-0.15, -0.1) is 11.3 Å². The lowest BCUT2D eigenvalue weighted by Crippen LogP contribution is -2.44. The first-order chi connectivity index (χ1) is 11.0. The maximum Gasteiger partial charge on any atom is 0.316 e. The van der Waals surface area contributed by atoms with Crippen LogP contribution in [0.3, 0.4) is 0 Å². The van der Waals surface area contributed by atoms with E-state index in [9.17, 15) is 4.79 Å². The lowest BCUT2D eigenvalue weighted by molar-refractivity contribution is 0.163. The fourth-order valence-electron chi connectivity index (χ4n) is 2.89. The number of amides is 2. The molecule has 0 bridgehead atoms. The molecule has 1 atom stereocenters. The Labute approximate surface area is 140 Å². The maximum atomic E-state index is 11.8. The third kappa shape index (κ3) is 3.73. The van der Waals surface area contributed by atoms with Gasteiger partial charge in [-0.2, -0.15) is 5.10 Å². The van der Waals surface area contributed by atoms with Gasteiger partial charge >= 0.3 is 6.03 Å². The number of fused-ring (bicyclic) bond motifs is 1. The highest BCUT2D eigenvalue weighted by Gasteiger charge is 2.26. The van der Waals surface area contributed by atoms with E-state index in [1.807, 2.05) is 22.2 Å². The van der Waals surface area contributed by atoms with Crippen LogP contribution in [0, 0.1) is 6.92 Å². The zero-order valence-corrected chi connectivity index (χ0v) is 14.6. The van der Waals surface area contributed by atoms with Crippen LogP contribution in [-0.4, -0.2) is 52.8 Å². The minimum Gasteiger partial charge on any atom is -0.336 e. The smallest absolute Gasteiger partial charge is 0.316 e. The van der Waals surface area contributed by atoms with E-state index >= 15 is 0 Å². The SMILES string of the molecule is Cc1ccc(CN2Cc3ccnn3[C@H](CNC(=O)N(C)C)C2)s1. The minimum absolute atomic E-state index is 0.0651. The van der Waals surface area contributed by atoms with Crippen LogP contribution < -0.4 is 5.32 Å². The van der Waals surface area contributed by atoms with E-state index in [0.29, 0.717) is 6.54 Å². The van der Waals surface area contributed by atoms with Gasteiger partial charge in [0.15, 0.2) is 0 Å². The molecule has 2 amide bonds. The van der Waals surface area contributed by atoms with Gasteiger partial charge in [0.05, 0.1) is 11.7 Å². The van der Waals surface area contributed by atoms with Crippen LogP contribution in [0.4, 0.5) is 4.79 Å². The first-order valence-electron chi connectivity index (χ1n) is 7.78. The maximum absolute atomic E-state index is 11.8. The summed E-state index contributed by atoms with van der Waals surface area (Å²) in [7, 11) is 3.50. The molecule has 6 nitrogen and oxygen atoms in total. The van der Waals surface area contributed by atoms with Gasteiger partial charge in [-0.3, -0.25) is 9.58 Å². The number of carbonyl (C=O) groups is 1. The Morgan fingerprint density at radius 3 is 2.96 bits per heavy atom. The van der Waals surface area contributed by atoms with Crippen LogP contribution in [0.25, 0.3) is 0 Å². The van der Waals surface area contributed by atoms with Crippen LogP contribution in [-0.2, 0) is 13.1 Å². The number of aromatic nitrogens is 2. The minimum atomic E-state index is -0.0651. The average molecular weight is 333 g/mol. The van der Waals surface area contributed by atoms with Crippen molar-refractivity contribution in [3.8, 4) is 0 Å². The van der Waals surface area contributed by atoms with E-state index in [-0.39, 0.29) is 12.1 Å². The molecule has 1 N–H and O–H groups in total. The summed E-state index contributed by atoms with van der Waals surface area (Å²) in [5.41, 5.74) is 1.20. The first kappa shape index (κ1) is 16.0. The van der Waals surface area contributed by atoms with E-state index in [0.717, 1.165) is 19.6 Å². The van der Waals surface area contributed by atoms with Crippen LogP contribution in [0.15, 0.2) is 24.4 Å². The number of rotatable bonds is 4. The molecule has 3 rings (SSSR count). The van der Waals surface area contributed by atoms with Gasteiger partial charge in [0, 0.05) is 56.2 Å². The predicted molar refractivity (Wildman–Crippen MR) is 91.5 cm³/mol. The van der Waals surface area contributed by atoms with Crippen molar-refractivity contribution in [2.75, 3.05) is 27.2 Å². The molecule has 0 saturated heterocycles. The molecule has 7 heteroatoms. The van der Waals surface area contributed by atoms with E-state index in [4.69, 9.17) is 0 Å². The second kappa shape index (κ2) is 6.72. The lowest BCUT2D eigenvalue weighted by atomic mass is 10.2. The van der Waals surface area contributed by atoms with Crippen molar-refractivity contribution in [2.45, 2.75) is 26.1 Å². The third-order valence-corrected chi connectivity index (χ3v) is 5.01. The van der Waals surface area contributed by atoms with E-state index in [1.54, 1.807) is 19.0 Å². The molecule has 0 fully saturated rings. The predicted octanol–water partition coefficient (Wildman–Crippen LogP) is 2.08. The van der Waals surface area contributed by atoms with Gasteiger partial charge in [-0.05, 0) is 25.1 Å². The molecule has 23 heavy (non-hydrogen) atoms. The monoisotopic (exact) mass is 333 g/mol. The zero-order valence-electron chi connectivity index (χ0n) is 13.8. The number of hydrogen-bond acceptors (Lipinski definition) is 4. The molecule has 2 aromatic rings. The van der Waals surface area contributed by atoms with Gasteiger partial charge in [-0.25, -0.2) is 4.79 Å².